The quantitative estimate of drug-likeness (QED) is 0.528. The third-order valence-electron chi connectivity index (χ3n) is 4.21. The van der Waals surface area contributed by atoms with Gasteiger partial charge in [0, 0.05) is 23.0 Å². The highest BCUT2D eigenvalue weighted by atomic mass is 79.9. The van der Waals surface area contributed by atoms with E-state index in [1.165, 1.54) is 6.92 Å². The van der Waals surface area contributed by atoms with E-state index in [2.05, 4.69) is 31.9 Å². The molecule has 1 rings (SSSR count). The van der Waals surface area contributed by atoms with Crippen LogP contribution in [0.15, 0.2) is 28.7 Å². The van der Waals surface area contributed by atoms with Gasteiger partial charge in [-0.15, -0.1) is 0 Å². The monoisotopic (exact) mass is 497 g/mol. The van der Waals surface area contributed by atoms with Crippen LogP contribution in [-0.2, 0) is 20.7 Å². The lowest BCUT2D eigenvalue weighted by Gasteiger charge is -2.36. The van der Waals surface area contributed by atoms with E-state index in [-0.39, 0.29) is 18.2 Å². The summed E-state index contributed by atoms with van der Waals surface area (Å²) in [6.07, 6.45) is 0.0740. The second kappa shape index (κ2) is 10.5. The number of alkyl carbamates (subject to hydrolysis) is 1. The van der Waals surface area contributed by atoms with Gasteiger partial charge in [0.2, 0.25) is 11.8 Å². The fourth-order valence-corrected chi connectivity index (χ4v) is 3.38. The predicted molar refractivity (Wildman–Crippen MR) is 126 cm³/mol. The average Bonchev–Trinajstić information content (AvgIpc) is 2.52. The first-order valence-electron chi connectivity index (χ1n) is 10.3. The molecule has 0 fully saturated rings. The van der Waals surface area contributed by atoms with Crippen molar-refractivity contribution in [1.29, 1.82) is 0 Å². The fraction of sp³-hybridized carbons (Fsp3) is 0.609. The first-order valence-corrected chi connectivity index (χ1v) is 11.1. The zero-order valence-corrected chi connectivity index (χ0v) is 21.4. The molecule has 0 aromatic heterocycles. The van der Waals surface area contributed by atoms with Crippen molar-refractivity contribution in [3.8, 4) is 0 Å². The number of rotatable bonds is 7. The largest absolute Gasteiger partial charge is 0.444 e. The molecule has 3 amide bonds. The van der Waals surface area contributed by atoms with Crippen molar-refractivity contribution in [1.82, 2.24) is 16.0 Å². The summed E-state index contributed by atoms with van der Waals surface area (Å²) in [6, 6.07) is 7.26. The molecule has 0 heterocycles. The molecule has 2 unspecified atom stereocenters. The molecule has 8 heteroatoms. The molecule has 31 heavy (non-hydrogen) atoms. The average molecular weight is 498 g/mol. The Labute approximate surface area is 194 Å². The van der Waals surface area contributed by atoms with Crippen molar-refractivity contribution in [2.75, 3.05) is 0 Å². The summed E-state index contributed by atoms with van der Waals surface area (Å²) in [5.74, 6) is -0.645. The van der Waals surface area contributed by atoms with Crippen molar-refractivity contribution in [3.63, 3.8) is 0 Å². The Morgan fingerprint density at radius 2 is 1.52 bits per heavy atom. The van der Waals surface area contributed by atoms with Crippen molar-refractivity contribution in [2.45, 2.75) is 91.0 Å². The standard InChI is InChI=1S/C23H36BrN3O4/c1-15(28)26-23(8,19(29)27-21(2,3)4)14-18(25-20(30)31-22(5,6)7)13-16-9-11-17(24)12-10-16/h9-12,18H,13-14H2,1-8H3,(H,25,30)(H,26,28)(H,27,29). The number of halogens is 1. The first kappa shape index (κ1) is 26.9. The number of nitrogens with one attached hydrogen (secondary N) is 3. The van der Waals surface area contributed by atoms with Crippen LogP contribution >= 0.6 is 15.9 Å². The van der Waals surface area contributed by atoms with Crippen LogP contribution in [0.1, 0.15) is 67.4 Å². The molecule has 7 nitrogen and oxygen atoms in total. The van der Waals surface area contributed by atoms with Crippen LogP contribution in [0.3, 0.4) is 0 Å². The van der Waals surface area contributed by atoms with Crippen LogP contribution < -0.4 is 16.0 Å². The fourth-order valence-electron chi connectivity index (χ4n) is 3.11. The van der Waals surface area contributed by atoms with E-state index in [9.17, 15) is 14.4 Å². The third-order valence-corrected chi connectivity index (χ3v) is 4.74. The molecule has 0 spiro atoms. The zero-order valence-electron chi connectivity index (χ0n) is 19.8. The van der Waals surface area contributed by atoms with Gasteiger partial charge in [-0.3, -0.25) is 9.59 Å². The Kier molecular flexibility index (Phi) is 9.11. The molecule has 1 aromatic carbocycles. The van der Waals surface area contributed by atoms with E-state index in [0.717, 1.165) is 10.0 Å². The predicted octanol–water partition coefficient (Wildman–Crippen LogP) is 4.08. The van der Waals surface area contributed by atoms with Gasteiger partial charge in [0.05, 0.1) is 0 Å². The lowest BCUT2D eigenvalue weighted by molar-refractivity contribution is -0.133. The van der Waals surface area contributed by atoms with E-state index < -0.39 is 28.8 Å². The maximum atomic E-state index is 13.1. The molecular weight excluding hydrogens is 462 g/mol. The van der Waals surface area contributed by atoms with Gasteiger partial charge < -0.3 is 20.7 Å². The summed E-state index contributed by atoms with van der Waals surface area (Å²) in [5, 5.41) is 8.58. The maximum Gasteiger partial charge on any atom is 0.407 e. The molecule has 2 atom stereocenters. The molecule has 0 radical (unpaired) electrons. The van der Waals surface area contributed by atoms with Gasteiger partial charge in [-0.05, 0) is 79.0 Å². The number of carbonyl (C=O) groups excluding carboxylic acids is 3. The van der Waals surface area contributed by atoms with Crippen LogP contribution in [0.4, 0.5) is 4.79 Å². The Morgan fingerprint density at radius 1 is 0.968 bits per heavy atom. The lowest BCUT2D eigenvalue weighted by atomic mass is 9.88. The number of hydrogen-bond acceptors (Lipinski definition) is 4. The minimum atomic E-state index is -1.23. The van der Waals surface area contributed by atoms with Gasteiger partial charge in [-0.2, -0.15) is 0 Å². The highest BCUT2D eigenvalue weighted by Crippen LogP contribution is 2.20. The zero-order chi connectivity index (χ0) is 24.0. The summed E-state index contributed by atoms with van der Waals surface area (Å²) in [6.45, 7) is 14.0. The minimum absolute atomic E-state index is 0.184. The Morgan fingerprint density at radius 3 is 1.97 bits per heavy atom. The van der Waals surface area contributed by atoms with E-state index in [1.54, 1.807) is 27.7 Å². The summed E-state index contributed by atoms with van der Waals surface area (Å²) in [4.78, 5) is 37.5. The highest BCUT2D eigenvalue weighted by Gasteiger charge is 2.39. The number of benzene rings is 1. The summed E-state index contributed by atoms with van der Waals surface area (Å²) in [5.41, 5.74) is -1.38. The Hall–Kier alpha value is -2.09. The van der Waals surface area contributed by atoms with E-state index in [0.29, 0.717) is 6.42 Å². The van der Waals surface area contributed by atoms with Gasteiger partial charge in [0.1, 0.15) is 11.1 Å². The van der Waals surface area contributed by atoms with Gasteiger partial charge >= 0.3 is 6.09 Å². The van der Waals surface area contributed by atoms with Crippen molar-refractivity contribution >= 4 is 33.8 Å². The molecular formula is C23H36BrN3O4. The van der Waals surface area contributed by atoms with Gasteiger partial charge in [-0.25, -0.2) is 4.79 Å². The summed E-state index contributed by atoms with van der Waals surface area (Å²) in [7, 11) is 0. The molecule has 1 aromatic rings. The molecule has 0 saturated heterocycles. The maximum absolute atomic E-state index is 13.1. The SMILES string of the molecule is CC(=O)NC(C)(CC(Cc1ccc(Br)cc1)NC(=O)OC(C)(C)C)C(=O)NC(C)(C)C. The van der Waals surface area contributed by atoms with Crippen LogP contribution in [0.25, 0.3) is 0 Å². The van der Waals surface area contributed by atoms with Gasteiger partial charge in [-0.1, -0.05) is 28.1 Å². The van der Waals surface area contributed by atoms with E-state index in [1.807, 2.05) is 45.0 Å². The third kappa shape index (κ3) is 10.7. The smallest absolute Gasteiger partial charge is 0.407 e. The van der Waals surface area contributed by atoms with Crippen LogP contribution in [-0.4, -0.2) is 40.6 Å². The molecule has 0 bridgehead atoms. The molecule has 174 valence electrons. The van der Waals surface area contributed by atoms with Gasteiger partial charge in [0.25, 0.3) is 0 Å². The number of hydrogen-bond donors (Lipinski definition) is 3. The van der Waals surface area contributed by atoms with Crippen LogP contribution in [0.5, 0.6) is 0 Å². The van der Waals surface area contributed by atoms with Crippen molar-refractivity contribution < 1.29 is 19.1 Å². The highest BCUT2D eigenvalue weighted by molar-refractivity contribution is 9.10. The van der Waals surface area contributed by atoms with Crippen molar-refractivity contribution in [3.05, 3.63) is 34.3 Å². The topological polar surface area (TPSA) is 96.5 Å². The first-order chi connectivity index (χ1) is 14.0. The van der Waals surface area contributed by atoms with Gasteiger partial charge in [0.15, 0.2) is 0 Å². The molecule has 0 saturated carbocycles. The van der Waals surface area contributed by atoms with E-state index >= 15 is 0 Å². The second-order valence-electron chi connectivity index (χ2n) is 10.1. The normalized spacial score (nSPS) is 14.7. The van der Waals surface area contributed by atoms with Crippen LogP contribution in [0, 0.1) is 0 Å². The Balaban J connectivity index is 3.18. The van der Waals surface area contributed by atoms with Crippen molar-refractivity contribution in [2.24, 2.45) is 0 Å². The molecule has 0 aliphatic rings. The molecule has 3 N–H and O–H groups in total. The molecule has 0 aliphatic heterocycles. The lowest BCUT2D eigenvalue weighted by Crippen LogP contribution is -2.62. The summed E-state index contributed by atoms with van der Waals surface area (Å²) < 4.78 is 6.36. The Bertz CT molecular complexity index is 781. The van der Waals surface area contributed by atoms with Crippen LogP contribution in [0.2, 0.25) is 0 Å². The number of carbonyl (C=O) groups is 3. The second-order valence-corrected chi connectivity index (χ2v) is 11.0. The number of amides is 3. The van der Waals surface area contributed by atoms with E-state index in [4.69, 9.17) is 4.74 Å². The minimum Gasteiger partial charge on any atom is -0.444 e. The molecule has 0 aliphatic carbocycles. The summed E-state index contributed by atoms with van der Waals surface area (Å²) >= 11 is 3.42. The number of ether oxygens (including phenoxy) is 1.